The van der Waals surface area contributed by atoms with Gasteiger partial charge in [-0.1, -0.05) is 18.6 Å². The van der Waals surface area contributed by atoms with Gasteiger partial charge in [0.25, 0.3) is 5.91 Å². The first-order valence-corrected chi connectivity index (χ1v) is 8.81. The number of para-hydroxylation sites is 2. The molecule has 2 aliphatic rings. The molecule has 0 unspecified atom stereocenters. The van der Waals surface area contributed by atoms with Crippen molar-refractivity contribution in [3.05, 3.63) is 24.3 Å². The zero-order valence-corrected chi connectivity index (χ0v) is 14.1. The molecule has 0 radical (unpaired) electrons. The van der Waals surface area contributed by atoms with E-state index in [-0.39, 0.29) is 18.6 Å². The summed E-state index contributed by atoms with van der Waals surface area (Å²) in [6, 6.07) is 7.71. The summed E-state index contributed by atoms with van der Waals surface area (Å²) >= 11 is 0. The molecule has 0 heterocycles. The number of fused-ring (bicyclic) bond motifs is 2. The molecule has 126 valence electrons. The van der Waals surface area contributed by atoms with E-state index in [1.807, 2.05) is 31.2 Å². The third kappa shape index (κ3) is 3.80. The summed E-state index contributed by atoms with van der Waals surface area (Å²) in [5, 5.41) is 3.12. The number of nitrogens with one attached hydrogen (secondary N) is 1. The minimum Gasteiger partial charge on any atom is -0.490 e. The lowest BCUT2D eigenvalue weighted by molar-refractivity contribution is -0.124. The lowest BCUT2D eigenvalue weighted by Gasteiger charge is -2.28. The van der Waals surface area contributed by atoms with Crippen LogP contribution in [0.4, 0.5) is 0 Å². The summed E-state index contributed by atoms with van der Waals surface area (Å²) in [6.45, 7) is 4.68. The highest BCUT2D eigenvalue weighted by Crippen LogP contribution is 2.49. The van der Waals surface area contributed by atoms with E-state index in [1.54, 1.807) is 0 Å². The zero-order valence-electron chi connectivity index (χ0n) is 14.1. The van der Waals surface area contributed by atoms with Crippen molar-refractivity contribution in [3.63, 3.8) is 0 Å². The van der Waals surface area contributed by atoms with Gasteiger partial charge in [0.05, 0.1) is 6.61 Å². The number of rotatable bonds is 7. The van der Waals surface area contributed by atoms with Crippen LogP contribution in [0.3, 0.4) is 0 Å². The Hall–Kier alpha value is -1.71. The van der Waals surface area contributed by atoms with Gasteiger partial charge in [-0.3, -0.25) is 4.79 Å². The van der Waals surface area contributed by atoms with E-state index in [4.69, 9.17) is 9.47 Å². The summed E-state index contributed by atoms with van der Waals surface area (Å²) in [4.78, 5) is 12.2. The second-order valence-electron chi connectivity index (χ2n) is 6.86. The molecule has 1 amide bonds. The molecule has 4 nitrogen and oxygen atoms in total. The van der Waals surface area contributed by atoms with E-state index >= 15 is 0 Å². The molecule has 2 bridgehead atoms. The average molecular weight is 317 g/mol. The van der Waals surface area contributed by atoms with E-state index in [2.05, 4.69) is 12.2 Å². The first-order valence-electron chi connectivity index (χ1n) is 8.81. The predicted octanol–water partition coefficient (Wildman–Crippen LogP) is 3.41. The number of amides is 1. The Bertz CT molecular complexity index is 545. The smallest absolute Gasteiger partial charge is 0.258 e. The van der Waals surface area contributed by atoms with Gasteiger partial charge in [0.2, 0.25) is 0 Å². The Kier molecular flexibility index (Phi) is 5.09. The quantitative estimate of drug-likeness (QED) is 0.838. The SMILES string of the molecule is CCOc1ccccc1OCC(=O)N[C@@H](C)[C@H]1C[C@@H]2CC[C@@H]1C2. The first kappa shape index (κ1) is 16.2. The van der Waals surface area contributed by atoms with Crippen LogP contribution in [0, 0.1) is 17.8 Å². The Morgan fingerprint density at radius 1 is 1.22 bits per heavy atom. The van der Waals surface area contributed by atoms with Crippen LogP contribution in [-0.2, 0) is 4.79 Å². The van der Waals surface area contributed by atoms with E-state index in [1.165, 1.54) is 25.7 Å². The lowest BCUT2D eigenvalue weighted by Crippen LogP contribution is -2.42. The summed E-state index contributed by atoms with van der Waals surface area (Å²) < 4.78 is 11.1. The molecule has 1 aromatic carbocycles. The maximum Gasteiger partial charge on any atom is 0.258 e. The van der Waals surface area contributed by atoms with Crippen LogP contribution in [0.5, 0.6) is 11.5 Å². The summed E-state index contributed by atoms with van der Waals surface area (Å²) in [5.74, 6) is 3.62. The lowest BCUT2D eigenvalue weighted by atomic mass is 9.84. The predicted molar refractivity (Wildman–Crippen MR) is 89.6 cm³/mol. The Morgan fingerprint density at radius 3 is 2.57 bits per heavy atom. The standard InChI is InChI=1S/C19H27NO3/c1-3-22-17-6-4-5-7-18(17)23-12-19(21)20-13(2)16-11-14-8-9-15(16)10-14/h4-7,13-16H,3,8-12H2,1-2H3,(H,20,21)/t13-,14+,15+,16+/m0/s1. The minimum absolute atomic E-state index is 0.0369. The third-order valence-corrected chi connectivity index (χ3v) is 5.33. The topological polar surface area (TPSA) is 47.6 Å². The fraction of sp³-hybridized carbons (Fsp3) is 0.632. The van der Waals surface area contributed by atoms with Crippen molar-refractivity contribution >= 4 is 5.91 Å². The van der Waals surface area contributed by atoms with Crippen molar-refractivity contribution in [2.75, 3.05) is 13.2 Å². The molecule has 2 fully saturated rings. The van der Waals surface area contributed by atoms with Crippen molar-refractivity contribution in [3.8, 4) is 11.5 Å². The molecule has 23 heavy (non-hydrogen) atoms. The van der Waals surface area contributed by atoms with Crippen LogP contribution >= 0.6 is 0 Å². The van der Waals surface area contributed by atoms with Crippen molar-refractivity contribution in [1.82, 2.24) is 5.32 Å². The van der Waals surface area contributed by atoms with Crippen molar-refractivity contribution in [2.45, 2.75) is 45.6 Å². The maximum absolute atomic E-state index is 12.2. The number of carbonyl (C=O) groups excluding carboxylic acids is 1. The number of carbonyl (C=O) groups is 1. The third-order valence-electron chi connectivity index (χ3n) is 5.33. The molecule has 0 aliphatic heterocycles. The van der Waals surface area contributed by atoms with Gasteiger partial charge < -0.3 is 14.8 Å². The van der Waals surface area contributed by atoms with Gasteiger partial charge in [0.1, 0.15) is 0 Å². The summed E-state index contributed by atoms with van der Waals surface area (Å²) in [6.07, 6.45) is 5.37. The molecule has 0 spiro atoms. The Morgan fingerprint density at radius 2 is 1.96 bits per heavy atom. The second-order valence-corrected chi connectivity index (χ2v) is 6.86. The van der Waals surface area contributed by atoms with Crippen LogP contribution in [-0.4, -0.2) is 25.2 Å². The molecular weight excluding hydrogens is 290 g/mol. The van der Waals surface area contributed by atoms with Crippen LogP contribution in [0.25, 0.3) is 0 Å². The van der Waals surface area contributed by atoms with Gasteiger partial charge >= 0.3 is 0 Å². The largest absolute Gasteiger partial charge is 0.490 e. The Balaban J connectivity index is 1.48. The van der Waals surface area contributed by atoms with E-state index in [9.17, 15) is 4.79 Å². The van der Waals surface area contributed by atoms with Gasteiger partial charge in [0, 0.05) is 6.04 Å². The van der Waals surface area contributed by atoms with Crippen molar-refractivity contribution < 1.29 is 14.3 Å². The average Bonchev–Trinajstić information content (AvgIpc) is 3.17. The molecule has 4 atom stereocenters. The van der Waals surface area contributed by atoms with Crippen LogP contribution < -0.4 is 14.8 Å². The van der Waals surface area contributed by atoms with E-state index < -0.39 is 0 Å². The fourth-order valence-electron chi connectivity index (χ4n) is 4.30. The number of hydrogen-bond donors (Lipinski definition) is 1. The molecule has 1 aromatic rings. The second kappa shape index (κ2) is 7.24. The highest BCUT2D eigenvalue weighted by atomic mass is 16.5. The summed E-state index contributed by atoms with van der Waals surface area (Å²) in [5.41, 5.74) is 0. The monoisotopic (exact) mass is 317 g/mol. The molecule has 2 saturated carbocycles. The van der Waals surface area contributed by atoms with Crippen LogP contribution in [0.1, 0.15) is 39.5 Å². The normalized spacial score (nSPS) is 26.8. The number of hydrogen-bond acceptors (Lipinski definition) is 3. The molecule has 1 N–H and O–H groups in total. The van der Waals surface area contributed by atoms with Crippen molar-refractivity contribution in [2.24, 2.45) is 17.8 Å². The molecule has 2 aliphatic carbocycles. The van der Waals surface area contributed by atoms with Gasteiger partial charge in [-0.2, -0.15) is 0 Å². The van der Waals surface area contributed by atoms with Gasteiger partial charge in [-0.25, -0.2) is 0 Å². The highest BCUT2D eigenvalue weighted by Gasteiger charge is 2.42. The van der Waals surface area contributed by atoms with Gasteiger partial charge in [-0.15, -0.1) is 0 Å². The molecule has 0 saturated heterocycles. The van der Waals surface area contributed by atoms with Crippen LogP contribution in [0.15, 0.2) is 24.3 Å². The van der Waals surface area contributed by atoms with Crippen molar-refractivity contribution in [1.29, 1.82) is 0 Å². The zero-order chi connectivity index (χ0) is 16.2. The highest BCUT2D eigenvalue weighted by molar-refractivity contribution is 5.77. The molecule has 0 aromatic heterocycles. The summed E-state index contributed by atoms with van der Waals surface area (Å²) in [7, 11) is 0. The number of ether oxygens (including phenoxy) is 2. The fourth-order valence-corrected chi connectivity index (χ4v) is 4.30. The number of benzene rings is 1. The maximum atomic E-state index is 12.2. The molecule has 3 rings (SSSR count). The van der Waals surface area contributed by atoms with Gasteiger partial charge in [0.15, 0.2) is 18.1 Å². The van der Waals surface area contributed by atoms with E-state index in [0.717, 1.165) is 11.8 Å². The first-order chi connectivity index (χ1) is 11.2. The van der Waals surface area contributed by atoms with Gasteiger partial charge in [-0.05, 0) is 63.0 Å². The molecule has 4 heteroatoms. The Labute approximate surface area is 138 Å². The minimum atomic E-state index is -0.0495. The molecular formula is C19H27NO3. The van der Waals surface area contributed by atoms with Crippen LogP contribution in [0.2, 0.25) is 0 Å². The van der Waals surface area contributed by atoms with E-state index in [0.29, 0.717) is 24.0 Å².